The van der Waals surface area contributed by atoms with Crippen LogP contribution in [0.4, 0.5) is 18.0 Å². The first kappa shape index (κ1) is 32.3. The molecule has 0 spiro atoms. The first-order valence-corrected chi connectivity index (χ1v) is 13.8. The van der Waals surface area contributed by atoms with Crippen molar-refractivity contribution in [2.75, 3.05) is 19.8 Å². The number of alkyl halides is 3. The summed E-state index contributed by atoms with van der Waals surface area (Å²) >= 11 is 12.0. The fourth-order valence-corrected chi connectivity index (χ4v) is 4.44. The molecule has 1 fully saturated rings. The van der Waals surface area contributed by atoms with Crippen LogP contribution in [0, 0.1) is 0 Å². The molecule has 3 rings (SSSR count). The van der Waals surface area contributed by atoms with Crippen LogP contribution in [0.1, 0.15) is 64.2 Å². The van der Waals surface area contributed by atoms with Gasteiger partial charge in [-0.25, -0.2) is 4.79 Å². The Morgan fingerprint density at radius 1 is 0.975 bits per heavy atom. The van der Waals surface area contributed by atoms with E-state index in [1.54, 1.807) is 52.8 Å². The second-order valence-corrected chi connectivity index (χ2v) is 12.2. The first-order valence-electron chi connectivity index (χ1n) is 13.0. The van der Waals surface area contributed by atoms with E-state index in [9.17, 15) is 18.0 Å². The molecule has 222 valence electrons. The lowest BCUT2D eigenvalue weighted by Crippen LogP contribution is -2.61. The number of carbonyl (C=O) groups excluding carboxylic acids is 1. The van der Waals surface area contributed by atoms with E-state index in [1.807, 2.05) is 6.07 Å². The highest BCUT2D eigenvalue weighted by atomic mass is 35.5. The van der Waals surface area contributed by atoms with Crippen molar-refractivity contribution in [1.82, 2.24) is 5.32 Å². The quantitative estimate of drug-likeness (QED) is 0.293. The third-order valence-corrected chi connectivity index (χ3v) is 6.99. The number of alkyl carbamates (subject to hydrolysis) is 1. The highest BCUT2D eigenvalue weighted by Gasteiger charge is 2.42. The predicted molar refractivity (Wildman–Crippen MR) is 148 cm³/mol. The molecule has 0 radical (unpaired) electrons. The fourth-order valence-electron chi connectivity index (χ4n) is 4.12. The second-order valence-electron chi connectivity index (χ2n) is 11.4. The maximum absolute atomic E-state index is 13.9. The number of rotatable bonds is 9. The summed E-state index contributed by atoms with van der Waals surface area (Å²) < 4.78 is 64.4. The fraction of sp³-hybridized carbons (Fsp3) is 0.552. The maximum atomic E-state index is 13.9. The summed E-state index contributed by atoms with van der Waals surface area (Å²) in [6.45, 7) is 9.06. The van der Waals surface area contributed by atoms with E-state index in [0.717, 1.165) is 11.6 Å². The van der Waals surface area contributed by atoms with Gasteiger partial charge in [-0.05, 0) is 95.7 Å². The zero-order valence-corrected chi connectivity index (χ0v) is 24.9. The third-order valence-electron chi connectivity index (χ3n) is 6.25. The van der Waals surface area contributed by atoms with Crippen molar-refractivity contribution in [1.29, 1.82) is 0 Å². The van der Waals surface area contributed by atoms with Crippen LogP contribution < -0.4 is 10.1 Å². The summed E-state index contributed by atoms with van der Waals surface area (Å²) in [5.41, 5.74) is -1.20. The first-order chi connectivity index (χ1) is 18.5. The van der Waals surface area contributed by atoms with Gasteiger partial charge in [-0.15, -0.1) is 0 Å². The molecule has 1 amide bonds. The van der Waals surface area contributed by atoms with E-state index in [1.165, 1.54) is 6.07 Å². The molecule has 2 aromatic carbocycles. The van der Waals surface area contributed by atoms with E-state index < -0.39 is 34.8 Å². The lowest BCUT2D eigenvalue weighted by Gasteiger charge is -2.44. The van der Waals surface area contributed by atoms with Crippen LogP contribution in [-0.4, -0.2) is 42.8 Å². The number of hydrogen-bond acceptors (Lipinski definition) is 5. The van der Waals surface area contributed by atoms with Crippen LogP contribution in [-0.2, 0) is 33.2 Å². The SMILES string of the molecule is CC(C)(C)OC(=O)NC1(CCc2ccc(OCCCc3ccc(Cl)c(Cl)c3)c(C(F)(F)F)c2)COC(C)(C)OC1. The zero-order valence-electron chi connectivity index (χ0n) is 23.3. The van der Waals surface area contributed by atoms with E-state index in [0.29, 0.717) is 28.5 Å². The number of amides is 1. The molecular weight excluding hydrogens is 570 g/mol. The molecule has 0 aliphatic carbocycles. The summed E-state index contributed by atoms with van der Waals surface area (Å²) in [6.07, 6.45) is -3.70. The smallest absolute Gasteiger partial charge is 0.419 e. The number of ether oxygens (including phenoxy) is 4. The van der Waals surface area contributed by atoms with Crippen molar-refractivity contribution in [3.8, 4) is 5.75 Å². The molecule has 11 heteroatoms. The van der Waals surface area contributed by atoms with Gasteiger partial charge in [0.2, 0.25) is 0 Å². The molecule has 0 aromatic heterocycles. The summed E-state index contributed by atoms with van der Waals surface area (Å²) in [5.74, 6) is -1.08. The van der Waals surface area contributed by atoms with Crippen LogP contribution in [0.15, 0.2) is 36.4 Å². The Bertz CT molecular complexity index is 1170. The number of nitrogens with one attached hydrogen (secondary N) is 1. The van der Waals surface area contributed by atoms with Crippen molar-refractivity contribution < 1.29 is 36.9 Å². The molecule has 1 saturated heterocycles. The minimum absolute atomic E-state index is 0.0933. The molecular formula is C29H36Cl2F3NO5. The maximum Gasteiger partial charge on any atom is 0.419 e. The van der Waals surface area contributed by atoms with Crippen LogP contribution in [0.5, 0.6) is 5.75 Å². The van der Waals surface area contributed by atoms with Gasteiger partial charge in [-0.3, -0.25) is 0 Å². The van der Waals surface area contributed by atoms with Crippen LogP contribution >= 0.6 is 23.2 Å². The molecule has 6 nitrogen and oxygen atoms in total. The monoisotopic (exact) mass is 605 g/mol. The van der Waals surface area contributed by atoms with Gasteiger partial charge >= 0.3 is 12.3 Å². The van der Waals surface area contributed by atoms with Crippen LogP contribution in [0.2, 0.25) is 10.0 Å². The summed E-state index contributed by atoms with van der Waals surface area (Å²) in [6, 6.07) is 9.25. The highest BCUT2D eigenvalue weighted by molar-refractivity contribution is 6.42. The predicted octanol–water partition coefficient (Wildman–Crippen LogP) is 8.00. The van der Waals surface area contributed by atoms with E-state index in [2.05, 4.69) is 5.32 Å². The second kappa shape index (κ2) is 12.8. The molecule has 0 bridgehead atoms. The van der Waals surface area contributed by atoms with Gasteiger partial charge < -0.3 is 24.3 Å². The lowest BCUT2D eigenvalue weighted by atomic mass is 9.91. The normalized spacial score (nSPS) is 16.9. The molecule has 1 aliphatic rings. The molecule has 0 atom stereocenters. The molecule has 1 heterocycles. The van der Waals surface area contributed by atoms with Crippen molar-refractivity contribution in [3.05, 3.63) is 63.1 Å². The minimum Gasteiger partial charge on any atom is -0.493 e. The van der Waals surface area contributed by atoms with Crippen LogP contribution in [0.25, 0.3) is 0 Å². The van der Waals surface area contributed by atoms with E-state index in [-0.39, 0.29) is 38.4 Å². The average molecular weight is 607 g/mol. The van der Waals surface area contributed by atoms with Crippen LogP contribution in [0.3, 0.4) is 0 Å². The Labute approximate surface area is 243 Å². The third kappa shape index (κ3) is 9.72. The lowest BCUT2D eigenvalue weighted by molar-refractivity contribution is -0.271. The van der Waals surface area contributed by atoms with Gasteiger partial charge in [-0.1, -0.05) is 35.3 Å². The highest BCUT2D eigenvalue weighted by Crippen LogP contribution is 2.38. The Morgan fingerprint density at radius 3 is 2.20 bits per heavy atom. The molecule has 0 saturated carbocycles. The van der Waals surface area contributed by atoms with E-state index in [4.69, 9.17) is 42.1 Å². The Balaban J connectivity index is 1.68. The van der Waals surface area contributed by atoms with Gasteiger partial charge in [0.05, 0.1) is 41.0 Å². The standard InChI is InChI=1S/C29H36Cl2F3NO5/c1-26(2,3)40-25(36)35-28(17-38-27(4,5)39-18-28)13-12-20-9-11-24(21(15-20)29(32,33)34)37-14-6-7-19-8-10-22(30)23(31)16-19/h8-11,15-16H,6-7,12-14,17-18H2,1-5H3,(H,35,36). The Hall–Kier alpha value is -2.20. The van der Waals surface area contributed by atoms with Gasteiger partial charge in [0.15, 0.2) is 5.79 Å². The summed E-state index contributed by atoms with van der Waals surface area (Å²) in [7, 11) is 0. The average Bonchev–Trinajstić information content (AvgIpc) is 2.83. The molecule has 1 aliphatic heterocycles. The minimum atomic E-state index is -4.61. The number of aryl methyl sites for hydroxylation is 2. The van der Waals surface area contributed by atoms with E-state index >= 15 is 0 Å². The van der Waals surface area contributed by atoms with Gasteiger partial charge in [-0.2, -0.15) is 13.2 Å². The van der Waals surface area contributed by atoms with Crippen molar-refractivity contribution in [2.24, 2.45) is 0 Å². The number of carbonyl (C=O) groups is 1. The molecule has 40 heavy (non-hydrogen) atoms. The van der Waals surface area contributed by atoms with Gasteiger partial charge in [0, 0.05) is 0 Å². The van der Waals surface area contributed by atoms with Crippen molar-refractivity contribution >= 4 is 29.3 Å². The van der Waals surface area contributed by atoms with Crippen molar-refractivity contribution in [2.45, 2.75) is 83.4 Å². The van der Waals surface area contributed by atoms with Crippen molar-refractivity contribution in [3.63, 3.8) is 0 Å². The Kier molecular flexibility index (Phi) is 10.3. The summed E-state index contributed by atoms with van der Waals surface area (Å²) in [4.78, 5) is 12.6. The topological polar surface area (TPSA) is 66.0 Å². The number of benzene rings is 2. The zero-order chi connectivity index (χ0) is 29.8. The molecule has 0 unspecified atom stereocenters. The molecule has 1 N–H and O–H groups in total. The summed E-state index contributed by atoms with van der Waals surface area (Å²) in [5, 5.41) is 3.70. The van der Waals surface area contributed by atoms with Gasteiger partial charge in [0.25, 0.3) is 0 Å². The number of halogens is 5. The molecule has 2 aromatic rings. The Morgan fingerprint density at radius 2 is 1.60 bits per heavy atom. The van der Waals surface area contributed by atoms with Gasteiger partial charge in [0.1, 0.15) is 11.4 Å². The largest absolute Gasteiger partial charge is 0.493 e. The number of hydrogen-bond donors (Lipinski definition) is 1.